The number of aromatic nitrogens is 2. The van der Waals surface area contributed by atoms with Crippen LogP contribution in [0.1, 0.15) is 27.7 Å². The number of nitrogens with zero attached hydrogens (tertiary/aromatic N) is 2. The quantitative estimate of drug-likeness (QED) is 0.692. The Hall–Kier alpha value is -2.48. The van der Waals surface area contributed by atoms with Crippen LogP contribution in [0.4, 0.5) is 14.5 Å². The maximum Gasteiger partial charge on any atom is 0.291 e. The third-order valence-electron chi connectivity index (χ3n) is 3.54. The molecule has 0 atom stereocenters. The Labute approximate surface area is 150 Å². The molecule has 0 bridgehead atoms. The molecule has 1 amide bonds. The molecule has 3 aromatic rings. The van der Waals surface area contributed by atoms with Crippen molar-refractivity contribution in [2.75, 3.05) is 5.32 Å². The van der Waals surface area contributed by atoms with E-state index >= 15 is 0 Å². The highest BCUT2D eigenvalue weighted by Gasteiger charge is 2.17. The first kappa shape index (κ1) is 17.3. The minimum Gasteiger partial charge on any atom is -0.454 e. The van der Waals surface area contributed by atoms with Crippen LogP contribution in [0.15, 0.2) is 39.2 Å². The molecule has 0 spiro atoms. The number of carbonyl (C=O) groups is 1. The fourth-order valence-corrected chi connectivity index (χ4v) is 2.91. The Morgan fingerprint density at radius 1 is 1.28 bits per heavy atom. The Bertz CT molecular complexity index is 926. The number of amides is 1. The molecule has 2 aromatic heterocycles. The zero-order chi connectivity index (χ0) is 18.1. The third kappa shape index (κ3) is 3.79. The van der Waals surface area contributed by atoms with Gasteiger partial charge in [0.15, 0.2) is 11.6 Å². The van der Waals surface area contributed by atoms with Gasteiger partial charge in [0.1, 0.15) is 11.6 Å². The lowest BCUT2D eigenvalue weighted by molar-refractivity contribution is 0.0994. The molecule has 0 aliphatic heterocycles. The molecule has 130 valence electrons. The lowest BCUT2D eigenvalue weighted by Gasteiger charge is -2.07. The molecule has 0 saturated carbocycles. The molecule has 0 aliphatic carbocycles. The Morgan fingerprint density at radius 2 is 2.04 bits per heavy atom. The summed E-state index contributed by atoms with van der Waals surface area (Å²) in [5.41, 5.74) is 1.71. The summed E-state index contributed by atoms with van der Waals surface area (Å²) in [6, 6.07) is 6.84. The number of furan rings is 1. The summed E-state index contributed by atoms with van der Waals surface area (Å²) in [5, 5.41) is 6.69. The van der Waals surface area contributed by atoms with Crippen LogP contribution >= 0.6 is 15.9 Å². The van der Waals surface area contributed by atoms with Crippen LogP contribution in [0.5, 0.6) is 0 Å². The van der Waals surface area contributed by atoms with E-state index in [1.54, 1.807) is 10.7 Å². The van der Waals surface area contributed by atoms with Gasteiger partial charge in [0.05, 0.1) is 17.9 Å². The molecular weight excluding hydrogens is 396 g/mol. The van der Waals surface area contributed by atoms with E-state index in [1.807, 2.05) is 19.9 Å². The number of hydrogen-bond donors (Lipinski definition) is 1. The van der Waals surface area contributed by atoms with Crippen LogP contribution in [0.2, 0.25) is 0 Å². The fraction of sp³-hybridized carbons (Fsp3) is 0.176. The van der Waals surface area contributed by atoms with Crippen molar-refractivity contribution in [2.24, 2.45) is 0 Å². The van der Waals surface area contributed by atoms with Crippen molar-refractivity contribution in [3.05, 3.63) is 69.3 Å². The van der Waals surface area contributed by atoms with Gasteiger partial charge in [0.2, 0.25) is 0 Å². The van der Waals surface area contributed by atoms with E-state index in [0.29, 0.717) is 18.4 Å². The Kier molecular flexibility index (Phi) is 4.71. The highest BCUT2D eigenvalue weighted by atomic mass is 79.9. The third-order valence-corrected chi connectivity index (χ3v) is 4.17. The molecule has 8 heteroatoms. The van der Waals surface area contributed by atoms with Crippen LogP contribution in [0, 0.1) is 25.5 Å². The maximum absolute atomic E-state index is 13.8. The van der Waals surface area contributed by atoms with Crippen molar-refractivity contribution in [1.82, 2.24) is 9.78 Å². The molecule has 0 aliphatic rings. The summed E-state index contributed by atoms with van der Waals surface area (Å²) in [6.45, 7) is 4.19. The zero-order valence-electron chi connectivity index (χ0n) is 13.4. The van der Waals surface area contributed by atoms with Crippen molar-refractivity contribution >= 4 is 27.5 Å². The topological polar surface area (TPSA) is 60.1 Å². The number of anilines is 1. The van der Waals surface area contributed by atoms with E-state index in [1.165, 1.54) is 6.07 Å². The number of halogens is 3. The van der Waals surface area contributed by atoms with E-state index in [0.717, 1.165) is 17.5 Å². The molecule has 0 fully saturated rings. The number of nitrogens with one attached hydrogen (secondary N) is 1. The summed E-state index contributed by atoms with van der Waals surface area (Å²) >= 11 is 3.02. The van der Waals surface area contributed by atoms with Gasteiger partial charge in [-0.15, -0.1) is 0 Å². The Balaban J connectivity index is 1.76. The van der Waals surface area contributed by atoms with Crippen molar-refractivity contribution in [2.45, 2.75) is 20.4 Å². The predicted octanol–water partition coefficient (Wildman–Crippen LogP) is 4.43. The normalized spacial score (nSPS) is 10.9. The summed E-state index contributed by atoms with van der Waals surface area (Å²) in [5.74, 6) is -1.70. The van der Waals surface area contributed by atoms with Crippen molar-refractivity contribution in [3.63, 3.8) is 0 Å². The minimum absolute atomic E-state index is 0.0205. The lowest BCUT2D eigenvalue weighted by atomic mass is 10.3. The van der Waals surface area contributed by atoms with Crippen LogP contribution in [0.25, 0.3) is 0 Å². The number of carbonyl (C=O) groups excluding carboxylic acids is 1. The molecule has 0 saturated heterocycles. The highest BCUT2D eigenvalue weighted by molar-refractivity contribution is 9.10. The predicted molar refractivity (Wildman–Crippen MR) is 91.5 cm³/mol. The molecule has 0 radical (unpaired) electrons. The SMILES string of the molecule is Cc1cc(C)n(Cc2ccc(C(=O)Nc3c(F)cc(F)cc3Br)o2)n1. The average Bonchev–Trinajstić information content (AvgIpc) is 3.10. The Morgan fingerprint density at radius 3 is 2.68 bits per heavy atom. The second-order valence-electron chi connectivity index (χ2n) is 5.55. The smallest absolute Gasteiger partial charge is 0.291 e. The molecule has 2 heterocycles. The van der Waals surface area contributed by atoms with Crippen LogP contribution in [-0.2, 0) is 6.54 Å². The molecule has 0 unspecified atom stereocenters. The number of benzene rings is 1. The molecule has 25 heavy (non-hydrogen) atoms. The molecule has 1 aromatic carbocycles. The number of aryl methyl sites for hydroxylation is 2. The van der Waals surface area contributed by atoms with Gasteiger partial charge in [0, 0.05) is 16.2 Å². The maximum atomic E-state index is 13.8. The monoisotopic (exact) mass is 409 g/mol. The van der Waals surface area contributed by atoms with E-state index in [2.05, 4.69) is 26.3 Å². The van der Waals surface area contributed by atoms with Gasteiger partial charge < -0.3 is 9.73 Å². The first-order valence-corrected chi connectivity index (χ1v) is 8.18. The van der Waals surface area contributed by atoms with E-state index in [4.69, 9.17) is 4.42 Å². The molecule has 3 rings (SSSR count). The second-order valence-corrected chi connectivity index (χ2v) is 6.40. The largest absolute Gasteiger partial charge is 0.454 e. The van der Waals surface area contributed by atoms with E-state index in [9.17, 15) is 13.6 Å². The van der Waals surface area contributed by atoms with Crippen LogP contribution in [-0.4, -0.2) is 15.7 Å². The molecule has 5 nitrogen and oxygen atoms in total. The molecule has 1 N–H and O–H groups in total. The van der Waals surface area contributed by atoms with Gasteiger partial charge in [-0.05, 0) is 54.0 Å². The number of rotatable bonds is 4. The fourth-order valence-electron chi connectivity index (χ4n) is 2.40. The minimum atomic E-state index is -0.880. The first-order valence-electron chi connectivity index (χ1n) is 7.39. The van der Waals surface area contributed by atoms with Crippen molar-refractivity contribution in [1.29, 1.82) is 0 Å². The van der Waals surface area contributed by atoms with Crippen molar-refractivity contribution in [3.8, 4) is 0 Å². The van der Waals surface area contributed by atoms with Crippen LogP contribution < -0.4 is 5.32 Å². The number of hydrogen-bond acceptors (Lipinski definition) is 3. The van der Waals surface area contributed by atoms with Gasteiger partial charge >= 0.3 is 0 Å². The van der Waals surface area contributed by atoms with Crippen molar-refractivity contribution < 1.29 is 18.0 Å². The van der Waals surface area contributed by atoms with Crippen LogP contribution in [0.3, 0.4) is 0 Å². The summed E-state index contributed by atoms with van der Waals surface area (Å²) in [7, 11) is 0. The standard InChI is InChI=1S/C17H14BrF2N3O2/c1-9-5-10(2)23(22-9)8-12-3-4-15(25-12)17(24)21-16-13(18)6-11(19)7-14(16)20/h3-7H,8H2,1-2H3,(H,21,24). The summed E-state index contributed by atoms with van der Waals surface area (Å²) < 4.78 is 34.3. The first-order chi connectivity index (χ1) is 11.8. The van der Waals surface area contributed by atoms with Gasteiger partial charge in [0.25, 0.3) is 5.91 Å². The lowest BCUT2D eigenvalue weighted by Crippen LogP contribution is -2.13. The summed E-state index contributed by atoms with van der Waals surface area (Å²) in [6.07, 6.45) is 0. The van der Waals surface area contributed by atoms with Gasteiger partial charge in [-0.1, -0.05) is 0 Å². The second kappa shape index (κ2) is 6.79. The van der Waals surface area contributed by atoms with Gasteiger partial charge in [-0.25, -0.2) is 8.78 Å². The molecular formula is C17H14BrF2N3O2. The zero-order valence-corrected chi connectivity index (χ0v) is 15.0. The van der Waals surface area contributed by atoms with Gasteiger partial charge in [-0.2, -0.15) is 5.10 Å². The average molecular weight is 410 g/mol. The highest BCUT2D eigenvalue weighted by Crippen LogP contribution is 2.27. The summed E-state index contributed by atoms with van der Waals surface area (Å²) in [4.78, 5) is 12.2. The van der Waals surface area contributed by atoms with E-state index < -0.39 is 17.5 Å². The van der Waals surface area contributed by atoms with Gasteiger partial charge in [-0.3, -0.25) is 9.48 Å². The van der Waals surface area contributed by atoms with E-state index in [-0.39, 0.29) is 15.9 Å².